The number of alkyl halides is 3. The molecule has 1 aliphatic heterocycles. The summed E-state index contributed by atoms with van der Waals surface area (Å²) in [5.74, 6) is 2.37. The summed E-state index contributed by atoms with van der Waals surface area (Å²) in [5.41, 5.74) is -3.01. The minimum Gasteiger partial charge on any atom is -0.741 e. The van der Waals surface area contributed by atoms with Crippen LogP contribution in [0.3, 0.4) is 0 Å². The maximum Gasteiger partial charge on any atom is 0.485 e. The third-order valence-electron chi connectivity index (χ3n) is 4.77. The number of hydrogen-bond donors (Lipinski definition) is 0. The molecule has 31 heavy (non-hydrogen) atoms. The van der Waals surface area contributed by atoms with Gasteiger partial charge < -0.3 is 9.29 Å². The number of ether oxygens (including phenoxy) is 1. The third kappa shape index (κ3) is 6.15. The Bertz CT molecular complexity index is 1110. The van der Waals surface area contributed by atoms with Crippen LogP contribution in [0.5, 0.6) is 5.75 Å². The highest BCUT2D eigenvalue weighted by atomic mass is 32.2. The zero-order chi connectivity index (χ0) is 22.5. The molecular weight excluding hydrogens is 449 g/mol. The van der Waals surface area contributed by atoms with E-state index in [1.807, 2.05) is 6.07 Å². The molecule has 4 nitrogen and oxygen atoms in total. The Morgan fingerprint density at radius 1 is 1.00 bits per heavy atom. The van der Waals surface area contributed by atoms with E-state index in [-0.39, 0.29) is 0 Å². The minimum absolute atomic E-state index is 0.617. The van der Waals surface area contributed by atoms with Gasteiger partial charge in [-0.3, -0.25) is 0 Å². The van der Waals surface area contributed by atoms with Gasteiger partial charge in [0, 0.05) is 6.42 Å². The Kier molecular flexibility index (Phi) is 7.51. The first kappa shape index (κ1) is 23.4. The van der Waals surface area contributed by atoms with Crippen molar-refractivity contribution in [2.24, 2.45) is 0 Å². The predicted octanol–water partition coefficient (Wildman–Crippen LogP) is 5.12. The molecular formula is C22H21F3O4S2. The van der Waals surface area contributed by atoms with Crippen molar-refractivity contribution >= 4 is 32.7 Å². The Labute approximate surface area is 183 Å². The number of fused-ring (bicyclic) bond motifs is 1. The van der Waals surface area contributed by atoms with E-state index >= 15 is 0 Å². The lowest BCUT2D eigenvalue weighted by atomic mass is 9.99. The topological polar surface area (TPSA) is 66.4 Å². The number of hydrogen-bond acceptors (Lipinski definition) is 4. The molecule has 0 spiro atoms. The Morgan fingerprint density at radius 3 is 2.26 bits per heavy atom. The third-order valence-corrected chi connectivity index (χ3v) is 6.87. The number of thiol groups is 1. The molecule has 0 aromatic heterocycles. The quantitative estimate of drug-likeness (QED) is 0.230. The average molecular weight is 471 g/mol. The van der Waals surface area contributed by atoms with Crippen LogP contribution in [0.15, 0.2) is 66.7 Å². The van der Waals surface area contributed by atoms with Crippen LogP contribution in [0.1, 0.15) is 29.2 Å². The van der Waals surface area contributed by atoms with Crippen molar-refractivity contribution in [2.45, 2.75) is 30.2 Å². The molecule has 0 saturated carbocycles. The van der Waals surface area contributed by atoms with E-state index in [4.69, 9.17) is 17.7 Å². The Balaban J connectivity index is 0.000000293. The van der Waals surface area contributed by atoms with Crippen molar-refractivity contribution in [1.82, 2.24) is 0 Å². The van der Waals surface area contributed by atoms with Crippen molar-refractivity contribution in [1.29, 1.82) is 0 Å². The van der Waals surface area contributed by atoms with Crippen LogP contribution in [0.25, 0.3) is 10.8 Å². The van der Waals surface area contributed by atoms with Crippen LogP contribution >= 0.6 is 0 Å². The highest BCUT2D eigenvalue weighted by Gasteiger charge is 2.37. The van der Waals surface area contributed by atoms with Gasteiger partial charge in [0.25, 0.3) is 0 Å². The van der Waals surface area contributed by atoms with Crippen LogP contribution in [0.4, 0.5) is 13.2 Å². The predicted molar refractivity (Wildman–Crippen MR) is 116 cm³/mol. The molecule has 0 N–H and O–H groups in total. The van der Waals surface area contributed by atoms with Crippen molar-refractivity contribution in [3.63, 3.8) is 0 Å². The summed E-state index contributed by atoms with van der Waals surface area (Å²) in [7, 11) is -6.09. The molecule has 1 heterocycles. The number of halogens is 3. The van der Waals surface area contributed by atoms with Crippen LogP contribution in [0, 0.1) is 0 Å². The minimum atomic E-state index is -6.09. The molecule has 0 amide bonds. The van der Waals surface area contributed by atoms with E-state index in [1.54, 1.807) is 11.8 Å². The van der Waals surface area contributed by atoms with Crippen molar-refractivity contribution < 1.29 is 30.9 Å². The highest BCUT2D eigenvalue weighted by molar-refractivity contribution is 7.86. The van der Waals surface area contributed by atoms with Gasteiger partial charge >= 0.3 is 5.51 Å². The lowest BCUT2D eigenvalue weighted by Gasteiger charge is -2.15. The molecule has 1 unspecified atom stereocenters. The van der Waals surface area contributed by atoms with Crippen LogP contribution in [-0.2, 0) is 28.5 Å². The van der Waals surface area contributed by atoms with Crippen LogP contribution in [0.2, 0.25) is 0 Å². The van der Waals surface area contributed by atoms with E-state index in [9.17, 15) is 13.2 Å². The standard InChI is InChI=1S/C21H20OS.CHF3O3S/c1-2-7-16(8-3-1)15-22-19-13-12-17-9-4-5-10-18(17)21(19)20-11-6-14-23-20;2-1(3,4)8(5,6)7/h1-5,7-10,12-13,20H,6,11,14-15H2;(H,5,6,7). The summed E-state index contributed by atoms with van der Waals surface area (Å²) in [4.78, 5) is 0. The first-order valence-corrected chi connectivity index (χ1v) is 12.1. The molecule has 0 bridgehead atoms. The first-order valence-electron chi connectivity index (χ1n) is 9.54. The molecule has 0 aliphatic carbocycles. The maximum absolute atomic E-state index is 10.7. The second kappa shape index (κ2) is 9.93. The summed E-state index contributed by atoms with van der Waals surface area (Å²) >= 11 is 1.55. The zero-order valence-electron chi connectivity index (χ0n) is 16.4. The average Bonchev–Trinajstić information content (AvgIpc) is 3.26. The number of rotatable bonds is 4. The van der Waals surface area contributed by atoms with Crippen LogP contribution in [-0.4, -0.2) is 24.2 Å². The summed E-state index contributed by atoms with van der Waals surface area (Å²) in [6.45, 7) is 0.635. The summed E-state index contributed by atoms with van der Waals surface area (Å²) in [5, 5.41) is 3.29. The molecule has 3 aromatic rings. The van der Waals surface area contributed by atoms with Gasteiger partial charge in [0.05, 0.1) is 5.56 Å². The van der Waals surface area contributed by atoms with Gasteiger partial charge in [-0.15, -0.1) is 0 Å². The lowest BCUT2D eigenvalue weighted by molar-refractivity contribution is -0.0517. The van der Waals surface area contributed by atoms with Gasteiger partial charge in [-0.2, -0.15) is 13.2 Å². The van der Waals surface area contributed by atoms with Crippen molar-refractivity contribution in [2.75, 3.05) is 5.75 Å². The van der Waals surface area contributed by atoms with Gasteiger partial charge in [-0.25, -0.2) is 8.42 Å². The second-order valence-corrected chi connectivity index (χ2v) is 9.74. The van der Waals surface area contributed by atoms with Crippen LogP contribution < -0.4 is 4.74 Å². The fraction of sp³-hybridized carbons (Fsp3) is 0.273. The largest absolute Gasteiger partial charge is 0.741 e. The van der Waals surface area contributed by atoms with E-state index in [1.165, 1.54) is 40.5 Å². The smallest absolute Gasteiger partial charge is 0.485 e. The van der Waals surface area contributed by atoms with E-state index < -0.39 is 15.6 Å². The molecule has 1 atom stereocenters. The highest BCUT2D eigenvalue weighted by Crippen LogP contribution is 2.40. The summed E-state index contributed by atoms with van der Waals surface area (Å²) < 4.78 is 65.1. The monoisotopic (exact) mass is 470 g/mol. The normalized spacial score (nSPS) is 16.6. The molecule has 0 radical (unpaired) electrons. The molecule has 1 aliphatic rings. The number of benzene rings is 3. The second-order valence-electron chi connectivity index (χ2n) is 6.94. The molecule has 1 fully saturated rings. The molecule has 3 aromatic carbocycles. The van der Waals surface area contributed by atoms with E-state index in [0.29, 0.717) is 11.9 Å². The Morgan fingerprint density at radius 2 is 1.65 bits per heavy atom. The van der Waals surface area contributed by atoms with Gasteiger partial charge in [0.15, 0.2) is 10.1 Å². The Hall–Kier alpha value is -2.23. The van der Waals surface area contributed by atoms with Gasteiger partial charge in [0.1, 0.15) is 23.4 Å². The fourth-order valence-electron chi connectivity index (χ4n) is 3.34. The molecule has 9 heteroatoms. The summed E-state index contributed by atoms with van der Waals surface area (Å²) in [6, 6.07) is 23.5. The fourth-order valence-corrected chi connectivity index (χ4v) is 4.83. The molecule has 1 saturated heterocycles. The van der Waals surface area contributed by atoms with Gasteiger partial charge in [-0.05, 0) is 40.6 Å². The van der Waals surface area contributed by atoms with Crippen molar-refractivity contribution in [3.8, 4) is 5.75 Å². The maximum atomic E-state index is 10.7. The molecule has 166 valence electrons. The lowest BCUT2D eigenvalue weighted by Crippen LogP contribution is -2.21. The van der Waals surface area contributed by atoms with Crippen molar-refractivity contribution in [3.05, 3.63) is 77.9 Å². The zero-order valence-corrected chi connectivity index (χ0v) is 18.1. The van der Waals surface area contributed by atoms with Gasteiger partial charge in [-0.1, -0.05) is 60.7 Å². The summed E-state index contributed by atoms with van der Waals surface area (Å²) in [6.07, 6.45) is 2.60. The first-order chi connectivity index (χ1) is 14.7. The van der Waals surface area contributed by atoms with E-state index in [0.717, 1.165) is 5.75 Å². The van der Waals surface area contributed by atoms with Gasteiger partial charge in [0.2, 0.25) is 0 Å². The SMILES string of the molecule is O=S(=O)([O-])C(F)(F)F.c1ccc(COc2ccc3ccccc3c2C2CCC[SH+]2)cc1. The van der Waals surface area contributed by atoms with E-state index in [2.05, 4.69) is 60.7 Å². The molecule has 4 rings (SSSR count).